The van der Waals surface area contributed by atoms with E-state index >= 15 is 0 Å². The van der Waals surface area contributed by atoms with E-state index in [-0.39, 0.29) is 0 Å². The largest absolute Gasteiger partial charge is 0.254 e. The fourth-order valence-corrected chi connectivity index (χ4v) is 1.57. The van der Waals surface area contributed by atoms with Gasteiger partial charge in [-0.15, -0.1) is 0 Å². The number of aryl methyl sites for hydroxylation is 3. The van der Waals surface area contributed by atoms with Crippen LogP contribution in [0.1, 0.15) is 16.8 Å². The molecule has 0 aliphatic rings. The Morgan fingerprint density at radius 1 is 1.00 bits per heavy atom. The van der Waals surface area contributed by atoms with Crippen molar-refractivity contribution in [3.8, 4) is 0 Å². The maximum atomic E-state index is 4.47. The molecule has 0 aromatic carbocycles. The molecule has 2 nitrogen and oxygen atoms in total. The second kappa shape index (κ2) is 2.80. The van der Waals surface area contributed by atoms with Gasteiger partial charge < -0.3 is 0 Å². The zero-order valence-electron chi connectivity index (χ0n) is 8.13. The van der Waals surface area contributed by atoms with E-state index in [0.717, 1.165) is 16.7 Å². The van der Waals surface area contributed by atoms with E-state index in [1.165, 1.54) is 11.1 Å². The standard InChI is InChI=1S/C11H12N2/c1-7-4-5-12-10-8(2)6-9(3)13-11(7)10/h4-6H,1-3H3. The van der Waals surface area contributed by atoms with Crippen LogP contribution in [-0.2, 0) is 0 Å². The molecule has 0 N–H and O–H groups in total. The third-order valence-corrected chi connectivity index (χ3v) is 2.21. The van der Waals surface area contributed by atoms with Crippen molar-refractivity contribution in [1.29, 1.82) is 0 Å². The summed E-state index contributed by atoms with van der Waals surface area (Å²) in [5.74, 6) is 0. The van der Waals surface area contributed by atoms with Gasteiger partial charge in [-0.1, -0.05) is 0 Å². The molecule has 66 valence electrons. The predicted octanol–water partition coefficient (Wildman–Crippen LogP) is 2.56. The molecule has 0 spiro atoms. The first-order valence-electron chi connectivity index (χ1n) is 4.38. The summed E-state index contributed by atoms with van der Waals surface area (Å²) in [5.41, 5.74) is 5.50. The van der Waals surface area contributed by atoms with Gasteiger partial charge in [0.15, 0.2) is 0 Å². The van der Waals surface area contributed by atoms with Crippen LogP contribution in [0.3, 0.4) is 0 Å². The topological polar surface area (TPSA) is 25.8 Å². The second-order valence-corrected chi connectivity index (χ2v) is 3.41. The van der Waals surface area contributed by atoms with Crippen LogP contribution in [-0.4, -0.2) is 9.97 Å². The van der Waals surface area contributed by atoms with Gasteiger partial charge in [0, 0.05) is 11.9 Å². The summed E-state index contributed by atoms with van der Waals surface area (Å²) in [6.45, 7) is 6.15. The van der Waals surface area contributed by atoms with Gasteiger partial charge in [-0.05, 0) is 44.0 Å². The van der Waals surface area contributed by atoms with Crippen LogP contribution in [0.4, 0.5) is 0 Å². The smallest absolute Gasteiger partial charge is 0.0921 e. The summed E-state index contributed by atoms with van der Waals surface area (Å²) >= 11 is 0. The summed E-state index contributed by atoms with van der Waals surface area (Å²) in [5, 5.41) is 0. The zero-order chi connectivity index (χ0) is 9.42. The monoisotopic (exact) mass is 172 g/mol. The first-order chi connectivity index (χ1) is 6.18. The van der Waals surface area contributed by atoms with Crippen LogP contribution in [0.5, 0.6) is 0 Å². The molecule has 2 aromatic rings. The summed E-state index contributed by atoms with van der Waals surface area (Å²) < 4.78 is 0. The minimum absolute atomic E-state index is 1.02. The van der Waals surface area contributed by atoms with Crippen molar-refractivity contribution in [2.45, 2.75) is 20.8 Å². The normalized spacial score (nSPS) is 10.7. The van der Waals surface area contributed by atoms with E-state index in [0.29, 0.717) is 0 Å². The van der Waals surface area contributed by atoms with Crippen molar-refractivity contribution in [3.05, 3.63) is 35.2 Å². The molecule has 13 heavy (non-hydrogen) atoms. The Hall–Kier alpha value is -1.44. The first-order valence-corrected chi connectivity index (χ1v) is 4.38. The maximum absolute atomic E-state index is 4.47. The predicted molar refractivity (Wildman–Crippen MR) is 53.7 cm³/mol. The molecular weight excluding hydrogens is 160 g/mol. The summed E-state index contributed by atoms with van der Waals surface area (Å²) in [6, 6.07) is 4.06. The van der Waals surface area contributed by atoms with Gasteiger partial charge in [0.25, 0.3) is 0 Å². The van der Waals surface area contributed by atoms with Crippen molar-refractivity contribution >= 4 is 11.0 Å². The van der Waals surface area contributed by atoms with Crippen LogP contribution in [0, 0.1) is 20.8 Å². The summed E-state index contributed by atoms with van der Waals surface area (Å²) in [6.07, 6.45) is 1.84. The van der Waals surface area contributed by atoms with Crippen LogP contribution in [0.25, 0.3) is 11.0 Å². The number of hydrogen-bond acceptors (Lipinski definition) is 2. The molecule has 0 radical (unpaired) electrons. The minimum Gasteiger partial charge on any atom is -0.254 e. The van der Waals surface area contributed by atoms with Crippen molar-refractivity contribution in [2.24, 2.45) is 0 Å². The van der Waals surface area contributed by atoms with E-state index in [9.17, 15) is 0 Å². The molecule has 0 fully saturated rings. The van der Waals surface area contributed by atoms with E-state index in [1.54, 1.807) is 0 Å². The van der Waals surface area contributed by atoms with Gasteiger partial charge in [-0.25, -0.2) is 0 Å². The lowest BCUT2D eigenvalue weighted by Crippen LogP contribution is -1.91. The van der Waals surface area contributed by atoms with Gasteiger partial charge >= 0.3 is 0 Å². The first kappa shape index (κ1) is 8.17. The number of nitrogens with zero attached hydrogens (tertiary/aromatic N) is 2. The third kappa shape index (κ3) is 1.28. The van der Waals surface area contributed by atoms with E-state index in [2.05, 4.69) is 29.9 Å². The van der Waals surface area contributed by atoms with Crippen LogP contribution in [0.15, 0.2) is 18.3 Å². The molecule has 0 atom stereocenters. The highest BCUT2D eigenvalue weighted by Gasteiger charge is 2.02. The molecule has 0 bridgehead atoms. The zero-order valence-corrected chi connectivity index (χ0v) is 8.13. The number of rotatable bonds is 0. The number of hydrogen-bond donors (Lipinski definition) is 0. The second-order valence-electron chi connectivity index (χ2n) is 3.41. The molecule has 2 aromatic heterocycles. The van der Waals surface area contributed by atoms with Crippen molar-refractivity contribution in [1.82, 2.24) is 9.97 Å². The van der Waals surface area contributed by atoms with Crippen molar-refractivity contribution in [2.75, 3.05) is 0 Å². The van der Waals surface area contributed by atoms with Gasteiger partial charge in [0.1, 0.15) is 0 Å². The fourth-order valence-electron chi connectivity index (χ4n) is 1.57. The molecule has 0 unspecified atom stereocenters. The van der Waals surface area contributed by atoms with Crippen molar-refractivity contribution in [3.63, 3.8) is 0 Å². The molecule has 0 aliphatic heterocycles. The lowest BCUT2D eigenvalue weighted by Gasteiger charge is -2.04. The third-order valence-electron chi connectivity index (χ3n) is 2.21. The molecule has 2 heterocycles. The summed E-state index contributed by atoms with van der Waals surface area (Å²) in [4.78, 5) is 8.79. The number of fused-ring (bicyclic) bond motifs is 1. The molecular formula is C11H12N2. The summed E-state index contributed by atoms with van der Waals surface area (Å²) in [7, 11) is 0. The average Bonchev–Trinajstić information content (AvgIpc) is 2.07. The Labute approximate surface area is 77.6 Å². The van der Waals surface area contributed by atoms with Gasteiger partial charge in [0.05, 0.1) is 11.0 Å². The van der Waals surface area contributed by atoms with Crippen LogP contribution >= 0.6 is 0 Å². The Balaban J connectivity index is 2.94. The lowest BCUT2D eigenvalue weighted by atomic mass is 10.1. The van der Waals surface area contributed by atoms with Crippen molar-refractivity contribution < 1.29 is 0 Å². The molecule has 2 heteroatoms. The van der Waals surface area contributed by atoms with Gasteiger partial charge in [-0.2, -0.15) is 0 Å². The van der Waals surface area contributed by atoms with E-state index in [4.69, 9.17) is 0 Å². The quantitative estimate of drug-likeness (QED) is 0.610. The molecule has 0 amide bonds. The molecule has 0 saturated heterocycles. The minimum atomic E-state index is 1.02. The Kier molecular flexibility index (Phi) is 1.76. The molecule has 2 rings (SSSR count). The van der Waals surface area contributed by atoms with E-state index < -0.39 is 0 Å². The Morgan fingerprint density at radius 2 is 1.77 bits per heavy atom. The van der Waals surface area contributed by atoms with Gasteiger partial charge in [0.2, 0.25) is 0 Å². The average molecular weight is 172 g/mol. The number of pyridine rings is 2. The highest BCUT2D eigenvalue weighted by Crippen LogP contribution is 2.17. The highest BCUT2D eigenvalue weighted by atomic mass is 14.8. The molecule has 0 saturated carbocycles. The SMILES string of the molecule is Cc1cc(C)c2nccc(C)c2n1. The highest BCUT2D eigenvalue weighted by molar-refractivity contribution is 5.80. The molecule has 0 aliphatic carbocycles. The van der Waals surface area contributed by atoms with E-state index in [1.807, 2.05) is 19.2 Å². The Morgan fingerprint density at radius 3 is 2.54 bits per heavy atom. The fraction of sp³-hybridized carbons (Fsp3) is 0.273. The number of aromatic nitrogens is 2. The Bertz CT molecular complexity index is 461. The van der Waals surface area contributed by atoms with Crippen LogP contribution < -0.4 is 0 Å². The van der Waals surface area contributed by atoms with Crippen LogP contribution in [0.2, 0.25) is 0 Å². The van der Waals surface area contributed by atoms with Gasteiger partial charge in [-0.3, -0.25) is 9.97 Å². The lowest BCUT2D eigenvalue weighted by molar-refractivity contribution is 1.19. The maximum Gasteiger partial charge on any atom is 0.0921 e.